The summed E-state index contributed by atoms with van der Waals surface area (Å²) in [5, 5.41) is 2.63. The number of carbonyl (C=O) groups is 2. The number of nitrogens with one attached hydrogen (secondary N) is 1. The van der Waals surface area contributed by atoms with E-state index in [9.17, 15) is 9.59 Å². The van der Waals surface area contributed by atoms with Crippen molar-refractivity contribution in [3.8, 4) is 11.5 Å². The van der Waals surface area contributed by atoms with Crippen molar-refractivity contribution in [2.24, 2.45) is 0 Å². The molecule has 32 heavy (non-hydrogen) atoms. The fraction of sp³-hybridized carbons (Fsp3) is 0.231. The third-order valence-corrected chi connectivity index (χ3v) is 6.74. The number of nitrogens with zero attached hydrogens (tertiary/aromatic N) is 1. The topological polar surface area (TPSA) is 67.9 Å². The van der Waals surface area contributed by atoms with Crippen LogP contribution in [0, 0.1) is 0 Å². The molecule has 6 heteroatoms. The van der Waals surface area contributed by atoms with Crippen LogP contribution in [0.3, 0.4) is 0 Å². The maximum absolute atomic E-state index is 14.0. The average Bonchev–Trinajstić information content (AvgIpc) is 3.50. The Balaban J connectivity index is 1.41. The standard InChI is InChI=1S/C26H22N2O4/c1-27-24(29)17-8-6-16(7-9-17)14-28-21-5-3-2-4-19(21)26(25(28)30)15-32-23-13-22-18(10-11-31-22)12-20(23)26/h2-9,12-13H,10-11,14-15H2,1H3,(H,27,29). The van der Waals surface area contributed by atoms with Crippen LogP contribution in [0.4, 0.5) is 5.69 Å². The average molecular weight is 426 g/mol. The molecule has 0 saturated carbocycles. The number of hydrogen-bond acceptors (Lipinski definition) is 4. The van der Waals surface area contributed by atoms with E-state index in [2.05, 4.69) is 11.4 Å². The molecule has 2 amide bonds. The van der Waals surface area contributed by atoms with Crippen LogP contribution in [0.15, 0.2) is 60.7 Å². The van der Waals surface area contributed by atoms with Crippen LogP contribution in [0.5, 0.6) is 11.5 Å². The van der Waals surface area contributed by atoms with Gasteiger partial charge in [-0.3, -0.25) is 9.59 Å². The van der Waals surface area contributed by atoms with E-state index < -0.39 is 5.41 Å². The molecule has 1 unspecified atom stereocenters. The van der Waals surface area contributed by atoms with E-state index in [0.29, 0.717) is 18.7 Å². The summed E-state index contributed by atoms with van der Waals surface area (Å²) < 4.78 is 11.8. The van der Waals surface area contributed by atoms with E-state index in [1.54, 1.807) is 19.2 Å². The lowest BCUT2D eigenvalue weighted by Crippen LogP contribution is -2.42. The van der Waals surface area contributed by atoms with Crippen LogP contribution in [0.2, 0.25) is 0 Å². The van der Waals surface area contributed by atoms with Gasteiger partial charge in [-0.15, -0.1) is 0 Å². The van der Waals surface area contributed by atoms with Gasteiger partial charge in [-0.2, -0.15) is 0 Å². The molecule has 0 aromatic heterocycles. The summed E-state index contributed by atoms with van der Waals surface area (Å²) in [6.45, 7) is 1.37. The molecule has 0 radical (unpaired) electrons. The van der Waals surface area contributed by atoms with Gasteiger partial charge in [0.2, 0.25) is 5.91 Å². The summed E-state index contributed by atoms with van der Waals surface area (Å²) in [4.78, 5) is 27.7. The number of benzene rings is 3. The molecule has 1 atom stereocenters. The second kappa shape index (κ2) is 6.85. The lowest BCUT2D eigenvalue weighted by Gasteiger charge is -2.23. The zero-order chi connectivity index (χ0) is 21.9. The summed E-state index contributed by atoms with van der Waals surface area (Å²) in [5.41, 5.74) is 4.64. The first-order chi connectivity index (χ1) is 15.6. The van der Waals surface area contributed by atoms with Gasteiger partial charge in [0.15, 0.2) is 0 Å². The number of fused-ring (bicyclic) bond motifs is 5. The Morgan fingerprint density at radius 2 is 1.84 bits per heavy atom. The molecule has 3 aromatic rings. The minimum absolute atomic E-state index is 0.0201. The van der Waals surface area contributed by atoms with Crippen molar-refractivity contribution < 1.29 is 19.1 Å². The van der Waals surface area contributed by atoms with Gasteiger partial charge < -0.3 is 19.7 Å². The Hall–Kier alpha value is -3.80. The van der Waals surface area contributed by atoms with Gasteiger partial charge in [-0.25, -0.2) is 0 Å². The first-order valence-corrected chi connectivity index (χ1v) is 10.8. The molecule has 0 fully saturated rings. The summed E-state index contributed by atoms with van der Waals surface area (Å²) in [5.74, 6) is 1.47. The minimum Gasteiger partial charge on any atom is -0.493 e. The lowest BCUT2D eigenvalue weighted by atomic mass is 9.76. The molecular weight excluding hydrogens is 404 g/mol. The predicted octanol–water partition coefficient (Wildman–Crippen LogP) is 3.21. The molecule has 1 spiro atoms. The molecule has 6 rings (SSSR count). The predicted molar refractivity (Wildman–Crippen MR) is 119 cm³/mol. The van der Waals surface area contributed by atoms with Crippen molar-refractivity contribution >= 4 is 17.5 Å². The number of rotatable bonds is 3. The second-order valence-electron chi connectivity index (χ2n) is 8.43. The van der Waals surface area contributed by atoms with Crippen molar-refractivity contribution in [1.82, 2.24) is 5.32 Å². The fourth-order valence-electron chi connectivity index (χ4n) is 5.09. The van der Waals surface area contributed by atoms with Crippen molar-refractivity contribution in [2.75, 3.05) is 25.2 Å². The second-order valence-corrected chi connectivity index (χ2v) is 8.43. The smallest absolute Gasteiger partial charge is 0.251 e. The maximum Gasteiger partial charge on any atom is 0.251 e. The first kappa shape index (κ1) is 18.9. The zero-order valence-corrected chi connectivity index (χ0v) is 17.7. The first-order valence-electron chi connectivity index (χ1n) is 10.8. The monoisotopic (exact) mass is 426 g/mol. The van der Waals surface area contributed by atoms with Crippen LogP contribution in [0.25, 0.3) is 0 Å². The minimum atomic E-state index is -0.842. The molecule has 0 aliphatic carbocycles. The van der Waals surface area contributed by atoms with E-state index in [-0.39, 0.29) is 18.4 Å². The highest BCUT2D eigenvalue weighted by molar-refractivity contribution is 6.11. The van der Waals surface area contributed by atoms with E-state index in [0.717, 1.165) is 45.9 Å². The third kappa shape index (κ3) is 2.52. The van der Waals surface area contributed by atoms with Gasteiger partial charge in [0.1, 0.15) is 23.5 Å². The Morgan fingerprint density at radius 1 is 1.03 bits per heavy atom. The van der Waals surface area contributed by atoms with Crippen LogP contribution >= 0.6 is 0 Å². The van der Waals surface area contributed by atoms with Crippen molar-refractivity contribution in [1.29, 1.82) is 0 Å². The number of carbonyl (C=O) groups excluding carboxylic acids is 2. The molecular formula is C26H22N2O4. The summed E-state index contributed by atoms with van der Waals surface area (Å²) in [6.07, 6.45) is 0.843. The Labute approximate surface area is 185 Å². The van der Waals surface area contributed by atoms with Crippen molar-refractivity contribution in [3.05, 3.63) is 88.5 Å². The molecule has 1 N–H and O–H groups in total. The fourth-order valence-corrected chi connectivity index (χ4v) is 5.09. The van der Waals surface area contributed by atoms with Gasteiger partial charge in [0.25, 0.3) is 5.91 Å². The summed E-state index contributed by atoms with van der Waals surface area (Å²) >= 11 is 0. The number of para-hydroxylation sites is 1. The van der Waals surface area contributed by atoms with E-state index in [1.165, 1.54) is 0 Å². The molecule has 3 aromatic carbocycles. The largest absolute Gasteiger partial charge is 0.493 e. The molecule has 3 aliphatic heterocycles. The van der Waals surface area contributed by atoms with Crippen molar-refractivity contribution in [3.63, 3.8) is 0 Å². The molecule has 0 saturated heterocycles. The van der Waals surface area contributed by atoms with Crippen molar-refractivity contribution in [2.45, 2.75) is 18.4 Å². The highest BCUT2D eigenvalue weighted by Gasteiger charge is 2.57. The third-order valence-electron chi connectivity index (χ3n) is 6.74. The Kier molecular flexibility index (Phi) is 4.05. The number of amides is 2. The number of anilines is 1. The van der Waals surface area contributed by atoms with Gasteiger partial charge in [0.05, 0.1) is 13.2 Å². The SMILES string of the molecule is CNC(=O)c1ccc(CN2C(=O)C3(COc4cc5c(cc43)CCO5)c3ccccc32)cc1. The molecule has 160 valence electrons. The summed E-state index contributed by atoms with van der Waals surface area (Å²) in [7, 11) is 1.61. The van der Waals surface area contributed by atoms with Crippen LogP contribution in [-0.2, 0) is 23.2 Å². The van der Waals surface area contributed by atoms with Gasteiger partial charge >= 0.3 is 0 Å². The number of hydrogen-bond donors (Lipinski definition) is 1. The molecule has 6 nitrogen and oxygen atoms in total. The van der Waals surface area contributed by atoms with Gasteiger partial charge in [-0.05, 0) is 41.0 Å². The maximum atomic E-state index is 14.0. The van der Waals surface area contributed by atoms with E-state index in [1.807, 2.05) is 47.4 Å². The summed E-state index contributed by atoms with van der Waals surface area (Å²) in [6, 6.07) is 19.4. The Bertz CT molecular complexity index is 1270. The Morgan fingerprint density at radius 3 is 2.66 bits per heavy atom. The van der Waals surface area contributed by atoms with E-state index >= 15 is 0 Å². The van der Waals surface area contributed by atoms with Gasteiger partial charge in [-0.1, -0.05) is 30.3 Å². The molecule has 3 heterocycles. The normalized spacial score (nSPS) is 19.9. The molecule has 3 aliphatic rings. The highest BCUT2D eigenvalue weighted by Crippen LogP contribution is 2.54. The van der Waals surface area contributed by atoms with E-state index in [4.69, 9.17) is 9.47 Å². The highest BCUT2D eigenvalue weighted by atomic mass is 16.5. The van der Waals surface area contributed by atoms with Crippen LogP contribution in [0.1, 0.15) is 32.6 Å². The lowest BCUT2D eigenvalue weighted by molar-refractivity contribution is -0.122. The van der Waals surface area contributed by atoms with Crippen LogP contribution < -0.4 is 19.7 Å². The van der Waals surface area contributed by atoms with Gasteiger partial charge in [0, 0.05) is 36.3 Å². The molecule has 0 bridgehead atoms. The zero-order valence-electron chi connectivity index (χ0n) is 17.7. The quantitative estimate of drug-likeness (QED) is 0.699. The number of ether oxygens (including phenoxy) is 2. The van der Waals surface area contributed by atoms with Crippen LogP contribution in [-0.4, -0.2) is 32.1 Å².